The lowest BCUT2D eigenvalue weighted by molar-refractivity contribution is 0.312. The molecule has 1 aromatic heterocycles. The van der Waals surface area contributed by atoms with E-state index < -0.39 is 0 Å². The Morgan fingerprint density at radius 1 is 1.14 bits per heavy atom. The Morgan fingerprint density at radius 3 is 2.39 bits per heavy atom. The maximum Gasteiger partial charge on any atom is 0.143 e. The van der Waals surface area contributed by atoms with Crippen LogP contribution in [0.25, 0.3) is 0 Å². The Balaban J connectivity index is 0.00000190. The average molecular weight is 385 g/mol. The van der Waals surface area contributed by atoms with Crippen molar-refractivity contribution < 1.29 is 0 Å². The quantitative estimate of drug-likeness (QED) is 0.546. The first kappa shape index (κ1) is 23.6. The van der Waals surface area contributed by atoms with E-state index in [1.807, 2.05) is 26.8 Å². The molecule has 0 bridgehead atoms. The minimum absolute atomic E-state index is 0.647. The van der Waals surface area contributed by atoms with Crippen LogP contribution in [0.3, 0.4) is 0 Å². The normalized spacial score (nSPS) is 15.1. The molecule has 6 nitrogen and oxygen atoms in total. The van der Waals surface area contributed by atoms with Crippen LogP contribution in [0.15, 0.2) is 41.8 Å². The number of likely N-dealkylation sites (N-methyl/N-ethyl adjacent to an activating group) is 1. The third kappa shape index (κ3) is 7.27. The van der Waals surface area contributed by atoms with Gasteiger partial charge in [-0.25, -0.2) is 9.97 Å². The summed E-state index contributed by atoms with van der Waals surface area (Å²) in [6.07, 6.45) is 11.3. The highest BCUT2D eigenvalue weighted by atomic mass is 15.3. The first-order valence-corrected chi connectivity index (χ1v) is 10.0. The van der Waals surface area contributed by atoms with E-state index in [9.17, 15) is 0 Å². The molecule has 1 aromatic rings. The fourth-order valence-electron chi connectivity index (χ4n) is 2.78. The number of hydrogen-bond donors (Lipinski definition) is 2. The van der Waals surface area contributed by atoms with Gasteiger partial charge >= 0.3 is 0 Å². The maximum absolute atomic E-state index is 7.87. The summed E-state index contributed by atoms with van der Waals surface area (Å²) in [5, 5.41) is 11.2. The summed E-state index contributed by atoms with van der Waals surface area (Å²) in [7, 11) is 2.13. The molecule has 154 valence electrons. The average Bonchev–Trinajstić information content (AvgIpc) is 2.71. The van der Waals surface area contributed by atoms with Crippen LogP contribution in [0.5, 0.6) is 0 Å². The summed E-state index contributed by atoms with van der Waals surface area (Å²) >= 11 is 0. The van der Waals surface area contributed by atoms with E-state index in [0.29, 0.717) is 12.4 Å². The van der Waals surface area contributed by atoms with Crippen LogP contribution in [0.4, 0.5) is 11.6 Å². The van der Waals surface area contributed by atoms with Crippen LogP contribution in [-0.4, -0.2) is 60.9 Å². The molecule has 2 heterocycles. The molecule has 0 aliphatic carbocycles. The number of rotatable bonds is 7. The van der Waals surface area contributed by atoms with E-state index in [0.717, 1.165) is 43.1 Å². The number of hydrogen-bond acceptors (Lipinski definition) is 6. The van der Waals surface area contributed by atoms with Gasteiger partial charge in [0.1, 0.15) is 18.0 Å². The van der Waals surface area contributed by atoms with Crippen molar-refractivity contribution in [3.8, 4) is 0 Å². The highest BCUT2D eigenvalue weighted by Gasteiger charge is 2.19. The lowest BCUT2D eigenvalue weighted by Gasteiger charge is -2.34. The zero-order chi connectivity index (χ0) is 20.9. The molecule has 1 aliphatic rings. The summed E-state index contributed by atoms with van der Waals surface area (Å²) in [6.45, 7) is 14.6. The van der Waals surface area contributed by atoms with Crippen molar-refractivity contribution in [2.75, 3.05) is 50.0 Å². The summed E-state index contributed by atoms with van der Waals surface area (Å²) in [6, 6.07) is 0. The molecule has 2 rings (SSSR count). The number of anilines is 2. The fourth-order valence-corrected chi connectivity index (χ4v) is 2.78. The largest absolute Gasteiger partial charge is 0.365 e. The Bertz CT molecular complexity index is 693. The molecular weight excluding hydrogens is 348 g/mol. The third-order valence-electron chi connectivity index (χ3n) is 4.28. The third-order valence-corrected chi connectivity index (χ3v) is 4.28. The monoisotopic (exact) mass is 384 g/mol. The molecule has 0 aromatic carbocycles. The standard InChI is InChI=1S/C20H30N6.C2H6/c1-5-6-17(8-7-16(2)3)14-22-19-18(13-21)20(24-15-23-19)26-11-9-25(4)10-12-26;1-2/h5-8,13,15,21H,9-12,14H2,1-4H3,(H,22,23,24);1-2H3/b6-5-,17-8+,21-13?;. The molecule has 2 N–H and O–H groups in total. The molecule has 1 saturated heterocycles. The van der Waals surface area contributed by atoms with E-state index in [4.69, 9.17) is 5.41 Å². The van der Waals surface area contributed by atoms with Gasteiger partial charge in [-0.1, -0.05) is 43.7 Å². The van der Waals surface area contributed by atoms with Crippen LogP contribution in [-0.2, 0) is 0 Å². The molecule has 0 amide bonds. The molecule has 0 spiro atoms. The van der Waals surface area contributed by atoms with Gasteiger partial charge in [-0.3, -0.25) is 0 Å². The molecule has 28 heavy (non-hydrogen) atoms. The molecule has 0 radical (unpaired) electrons. The van der Waals surface area contributed by atoms with Crippen LogP contribution in [0.2, 0.25) is 0 Å². The molecule has 0 saturated carbocycles. The Morgan fingerprint density at radius 2 is 1.82 bits per heavy atom. The van der Waals surface area contributed by atoms with Gasteiger partial charge in [0.2, 0.25) is 0 Å². The number of nitrogens with zero attached hydrogens (tertiary/aromatic N) is 4. The fraction of sp³-hybridized carbons (Fsp3) is 0.500. The predicted molar refractivity (Wildman–Crippen MR) is 122 cm³/mol. The van der Waals surface area contributed by atoms with Gasteiger partial charge in [0.25, 0.3) is 0 Å². The lowest BCUT2D eigenvalue weighted by Crippen LogP contribution is -2.45. The molecule has 0 atom stereocenters. The van der Waals surface area contributed by atoms with E-state index in [1.54, 1.807) is 6.33 Å². The van der Waals surface area contributed by atoms with Gasteiger partial charge in [0.05, 0.1) is 5.56 Å². The van der Waals surface area contributed by atoms with Crippen LogP contribution in [0, 0.1) is 5.41 Å². The zero-order valence-electron chi connectivity index (χ0n) is 18.3. The summed E-state index contributed by atoms with van der Waals surface area (Å²) < 4.78 is 0. The van der Waals surface area contributed by atoms with E-state index in [2.05, 4.69) is 64.2 Å². The summed E-state index contributed by atoms with van der Waals surface area (Å²) in [5.74, 6) is 1.54. The molecule has 1 aliphatic heterocycles. The highest BCUT2D eigenvalue weighted by molar-refractivity contribution is 5.91. The number of aromatic nitrogens is 2. The van der Waals surface area contributed by atoms with Gasteiger partial charge in [0, 0.05) is 38.9 Å². The number of allylic oxidation sites excluding steroid dienone is 4. The predicted octanol–water partition coefficient (Wildman–Crippen LogP) is 4.13. The Labute approximate surface area is 170 Å². The minimum atomic E-state index is 0.647. The van der Waals surface area contributed by atoms with E-state index >= 15 is 0 Å². The Hall–Kier alpha value is -2.47. The molecular formula is C22H36N6. The second-order valence-corrected chi connectivity index (χ2v) is 6.73. The van der Waals surface area contributed by atoms with Crippen molar-refractivity contribution in [1.82, 2.24) is 14.9 Å². The minimum Gasteiger partial charge on any atom is -0.365 e. The van der Waals surface area contributed by atoms with Gasteiger partial charge in [-0.2, -0.15) is 0 Å². The highest BCUT2D eigenvalue weighted by Crippen LogP contribution is 2.22. The number of piperazine rings is 1. The second-order valence-electron chi connectivity index (χ2n) is 6.73. The van der Waals surface area contributed by atoms with Gasteiger partial charge < -0.3 is 20.5 Å². The summed E-state index contributed by atoms with van der Waals surface area (Å²) in [4.78, 5) is 13.4. The lowest BCUT2D eigenvalue weighted by atomic mass is 10.2. The SMILES string of the molecule is C/C=C\C(=C/C=C(C)C)CNc1ncnc(N2CCN(C)CC2)c1C=N.CC. The van der Waals surface area contributed by atoms with Crippen LogP contribution >= 0.6 is 0 Å². The molecule has 0 unspecified atom stereocenters. The second kappa shape index (κ2) is 12.8. The van der Waals surface area contributed by atoms with Gasteiger partial charge in [0.15, 0.2) is 0 Å². The van der Waals surface area contributed by atoms with Gasteiger partial charge in [-0.15, -0.1) is 0 Å². The zero-order valence-corrected chi connectivity index (χ0v) is 18.3. The molecule has 1 fully saturated rings. The Kier molecular flexibility index (Phi) is 10.8. The van der Waals surface area contributed by atoms with Crippen molar-refractivity contribution in [1.29, 1.82) is 5.41 Å². The van der Waals surface area contributed by atoms with Crippen molar-refractivity contribution in [2.45, 2.75) is 34.6 Å². The van der Waals surface area contributed by atoms with Crippen LogP contribution < -0.4 is 10.2 Å². The van der Waals surface area contributed by atoms with E-state index in [-0.39, 0.29) is 0 Å². The van der Waals surface area contributed by atoms with E-state index in [1.165, 1.54) is 11.8 Å². The van der Waals surface area contributed by atoms with Gasteiger partial charge in [-0.05, 0) is 33.4 Å². The summed E-state index contributed by atoms with van der Waals surface area (Å²) in [5.41, 5.74) is 3.16. The number of nitrogens with one attached hydrogen (secondary N) is 2. The maximum atomic E-state index is 7.87. The smallest absolute Gasteiger partial charge is 0.143 e. The first-order valence-electron chi connectivity index (χ1n) is 10.0. The van der Waals surface area contributed by atoms with Crippen molar-refractivity contribution in [3.63, 3.8) is 0 Å². The van der Waals surface area contributed by atoms with Crippen LogP contribution in [0.1, 0.15) is 40.2 Å². The van der Waals surface area contributed by atoms with Crippen molar-refractivity contribution >= 4 is 17.9 Å². The topological polar surface area (TPSA) is 68.1 Å². The van der Waals surface area contributed by atoms with Crippen molar-refractivity contribution in [3.05, 3.63) is 47.3 Å². The first-order chi connectivity index (χ1) is 13.5. The molecule has 6 heteroatoms. The van der Waals surface area contributed by atoms with Crippen molar-refractivity contribution in [2.24, 2.45) is 0 Å².